The Labute approximate surface area is 117 Å². The number of phenolic OH excluding ortho intramolecular Hbond substituents is 1. The second kappa shape index (κ2) is 5.42. The van der Waals surface area contributed by atoms with Gasteiger partial charge in [-0.05, 0) is 36.1 Å². The number of nitrogens with zero attached hydrogens (tertiary/aromatic N) is 1. The van der Waals surface area contributed by atoms with E-state index in [4.69, 9.17) is 9.84 Å². The van der Waals surface area contributed by atoms with E-state index in [1.54, 1.807) is 6.07 Å². The molecule has 3 rings (SSSR count). The molecular formula is C15H19NO4. The van der Waals surface area contributed by atoms with Gasteiger partial charge in [0.25, 0.3) is 0 Å². The van der Waals surface area contributed by atoms with Gasteiger partial charge in [-0.1, -0.05) is 6.07 Å². The van der Waals surface area contributed by atoms with Crippen molar-refractivity contribution in [3.8, 4) is 5.75 Å². The van der Waals surface area contributed by atoms with Crippen LogP contribution in [0.3, 0.4) is 0 Å². The highest BCUT2D eigenvalue weighted by molar-refractivity contribution is 5.66. The van der Waals surface area contributed by atoms with Crippen LogP contribution in [-0.2, 0) is 16.0 Å². The van der Waals surface area contributed by atoms with Crippen molar-refractivity contribution in [3.63, 3.8) is 0 Å². The lowest BCUT2D eigenvalue weighted by Crippen LogP contribution is -2.49. The van der Waals surface area contributed by atoms with Gasteiger partial charge in [-0.25, -0.2) is 0 Å². The van der Waals surface area contributed by atoms with Crippen LogP contribution in [0, 0.1) is 0 Å². The summed E-state index contributed by atoms with van der Waals surface area (Å²) >= 11 is 0. The molecule has 0 aromatic heterocycles. The molecule has 5 nitrogen and oxygen atoms in total. The third-order valence-corrected chi connectivity index (χ3v) is 4.25. The van der Waals surface area contributed by atoms with E-state index in [9.17, 15) is 9.90 Å². The molecule has 1 aliphatic heterocycles. The SMILES string of the molecule is O=C(O)CCN1CCOC2c3ccc(O)cc3CCC21. The van der Waals surface area contributed by atoms with Crippen molar-refractivity contribution in [2.45, 2.75) is 31.4 Å². The monoisotopic (exact) mass is 277 g/mol. The van der Waals surface area contributed by atoms with Gasteiger partial charge in [-0.15, -0.1) is 0 Å². The zero-order chi connectivity index (χ0) is 14.1. The molecule has 0 spiro atoms. The summed E-state index contributed by atoms with van der Waals surface area (Å²) in [6.45, 7) is 2.00. The van der Waals surface area contributed by atoms with Gasteiger partial charge in [-0.2, -0.15) is 0 Å². The minimum atomic E-state index is -0.755. The van der Waals surface area contributed by atoms with E-state index in [0.717, 1.165) is 30.5 Å². The number of carboxylic acid groups (broad SMARTS) is 1. The largest absolute Gasteiger partial charge is 0.508 e. The number of aromatic hydroxyl groups is 1. The molecule has 2 unspecified atom stereocenters. The Balaban J connectivity index is 1.80. The molecule has 20 heavy (non-hydrogen) atoms. The van der Waals surface area contributed by atoms with Gasteiger partial charge in [0.15, 0.2) is 0 Å². The number of ether oxygens (including phenoxy) is 1. The molecule has 2 N–H and O–H groups in total. The summed E-state index contributed by atoms with van der Waals surface area (Å²) < 4.78 is 5.91. The molecule has 1 saturated heterocycles. The van der Waals surface area contributed by atoms with Crippen LogP contribution in [0.1, 0.15) is 30.1 Å². The smallest absolute Gasteiger partial charge is 0.304 e. The van der Waals surface area contributed by atoms with E-state index in [-0.39, 0.29) is 18.6 Å². The molecule has 0 amide bonds. The third-order valence-electron chi connectivity index (χ3n) is 4.25. The second-order valence-electron chi connectivity index (χ2n) is 5.46. The van der Waals surface area contributed by atoms with Crippen molar-refractivity contribution in [2.24, 2.45) is 0 Å². The van der Waals surface area contributed by atoms with Gasteiger partial charge < -0.3 is 14.9 Å². The van der Waals surface area contributed by atoms with E-state index >= 15 is 0 Å². The molecule has 5 heteroatoms. The molecular weight excluding hydrogens is 258 g/mol. The number of aliphatic carboxylic acids is 1. The molecule has 1 heterocycles. The third kappa shape index (κ3) is 2.51. The van der Waals surface area contributed by atoms with Crippen molar-refractivity contribution < 1.29 is 19.7 Å². The average molecular weight is 277 g/mol. The minimum absolute atomic E-state index is 0.00175. The predicted molar refractivity (Wildman–Crippen MR) is 72.7 cm³/mol. The highest BCUT2D eigenvalue weighted by Crippen LogP contribution is 2.38. The van der Waals surface area contributed by atoms with Crippen LogP contribution < -0.4 is 0 Å². The molecule has 2 atom stereocenters. The van der Waals surface area contributed by atoms with Gasteiger partial charge in [0.05, 0.1) is 19.1 Å². The first-order valence-electron chi connectivity index (χ1n) is 7.04. The quantitative estimate of drug-likeness (QED) is 0.877. The molecule has 0 saturated carbocycles. The van der Waals surface area contributed by atoms with E-state index < -0.39 is 5.97 Å². The Hall–Kier alpha value is -1.59. The summed E-state index contributed by atoms with van der Waals surface area (Å²) in [7, 11) is 0. The van der Waals surface area contributed by atoms with Crippen molar-refractivity contribution in [1.29, 1.82) is 0 Å². The predicted octanol–water partition coefficient (Wildman–Crippen LogP) is 1.55. The molecule has 108 valence electrons. The molecule has 1 aromatic rings. The summed E-state index contributed by atoms with van der Waals surface area (Å²) in [5.74, 6) is -0.463. The molecule has 0 radical (unpaired) electrons. The van der Waals surface area contributed by atoms with Crippen LogP contribution in [0.4, 0.5) is 0 Å². The lowest BCUT2D eigenvalue weighted by Gasteiger charge is -2.44. The number of fused-ring (bicyclic) bond motifs is 3. The molecule has 2 aliphatic rings. The van der Waals surface area contributed by atoms with Gasteiger partial charge >= 0.3 is 5.97 Å². The van der Waals surface area contributed by atoms with E-state index in [0.29, 0.717) is 18.9 Å². The Bertz CT molecular complexity index is 517. The molecule has 1 fully saturated rings. The van der Waals surface area contributed by atoms with Gasteiger partial charge in [-0.3, -0.25) is 9.69 Å². The van der Waals surface area contributed by atoms with E-state index in [2.05, 4.69) is 4.90 Å². The maximum Gasteiger partial charge on any atom is 0.304 e. The average Bonchev–Trinajstić information content (AvgIpc) is 2.44. The number of morpholine rings is 1. The number of aryl methyl sites for hydroxylation is 1. The first-order chi connectivity index (χ1) is 9.65. The number of hydrogen-bond donors (Lipinski definition) is 2. The highest BCUT2D eigenvalue weighted by atomic mass is 16.5. The normalized spacial score (nSPS) is 25.8. The Kier molecular flexibility index (Phi) is 3.63. The lowest BCUT2D eigenvalue weighted by atomic mass is 9.84. The molecule has 0 bridgehead atoms. The highest BCUT2D eigenvalue weighted by Gasteiger charge is 2.37. The zero-order valence-corrected chi connectivity index (χ0v) is 11.3. The number of phenols is 1. The Morgan fingerprint density at radius 3 is 3.10 bits per heavy atom. The van der Waals surface area contributed by atoms with Crippen molar-refractivity contribution >= 4 is 5.97 Å². The fourth-order valence-electron chi connectivity index (χ4n) is 3.30. The van der Waals surface area contributed by atoms with Crippen LogP contribution in [0.5, 0.6) is 5.75 Å². The first-order valence-corrected chi connectivity index (χ1v) is 7.04. The Morgan fingerprint density at radius 1 is 1.45 bits per heavy atom. The van der Waals surface area contributed by atoms with Crippen LogP contribution in [0.25, 0.3) is 0 Å². The Morgan fingerprint density at radius 2 is 2.30 bits per heavy atom. The summed E-state index contributed by atoms with van der Waals surface area (Å²) in [6, 6.07) is 5.69. The summed E-state index contributed by atoms with van der Waals surface area (Å²) in [4.78, 5) is 13.0. The van der Waals surface area contributed by atoms with Crippen LogP contribution >= 0.6 is 0 Å². The number of carbonyl (C=O) groups is 1. The van der Waals surface area contributed by atoms with Crippen LogP contribution in [-0.4, -0.2) is 46.8 Å². The second-order valence-corrected chi connectivity index (χ2v) is 5.46. The van der Waals surface area contributed by atoms with Crippen molar-refractivity contribution in [1.82, 2.24) is 4.90 Å². The summed E-state index contributed by atoms with van der Waals surface area (Å²) in [5, 5.41) is 18.4. The standard InChI is InChI=1S/C15H19NO4/c17-11-2-3-12-10(9-11)1-4-13-15(12)20-8-7-16(13)6-5-14(18)19/h2-3,9,13,15,17H,1,4-8H2,(H,18,19). The van der Waals surface area contributed by atoms with Gasteiger partial charge in [0.2, 0.25) is 0 Å². The summed E-state index contributed by atoms with van der Waals surface area (Å²) in [6.07, 6.45) is 2.02. The van der Waals surface area contributed by atoms with E-state index in [1.807, 2.05) is 12.1 Å². The molecule has 1 aromatic carbocycles. The van der Waals surface area contributed by atoms with Gasteiger partial charge in [0.1, 0.15) is 5.75 Å². The molecule has 1 aliphatic carbocycles. The fraction of sp³-hybridized carbons (Fsp3) is 0.533. The maximum absolute atomic E-state index is 10.8. The van der Waals surface area contributed by atoms with Gasteiger partial charge in [0, 0.05) is 19.1 Å². The summed E-state index contributed by atoms with van der Waals surface area (Å²) in [5.41, 5.74) is 2.28. The lowest BCUT2D eigenvalue weighted by molar-refractivity contribution is -0.138. The van der Waals surface area contributed by atoms with Crippen LogP contribution in [0.2, 0.25) is 0 Å². The minimum Gasteiger partial charge on any atom is -0.508 e. The van der Waals surface area contributed by atoms with Crippen LogP contribution in [0.15, 0.2) is 18.2 Å². The van der Waals surface area contributed by atoms with E-state index in [1.165, 1.54) is 0 Å². The maximum atomic E-state index is 10.8. The fourth-order valence-corrected chi connectivity index (χ4v) is 3.30. The number of rotatable bonds is 3. The van der Waals surface area contributed by atoms with Crippen molar-refractivity contribution in [3.05, 3.63) is 29.3 Å². The zero-order valence-electron chi connectivity index (χ0n) is 11.3. The number of benzene rings is 1. The number of carboxylic acids is 1. The first kappa shape index (κ1) is 13.4. The van der Waals surface area contributed by atoms with Crippen molar-refractivity contribution in [2.75, 3.05) is 19.7 Å². The topological polar surface area (TPSA) is 70.0 Å². The number of hydrogen-bond acceptors (Lipinski definition) is 4.